The number of phosphoric acid groups is 3. The SMILES string of the molecule is NC1(C(=O)c2ccccc2)C=CN([C@@H]2O[C@H](COP(=O)(O)OP(=O)(O)OP(=O)(O)O)[C@@H](O)[C@H]2O)C(=O)N1. The van der Waals surface area contributed by atoms with E-state index in [0.717, 1.165) is 17.2 Å². The van der Waals surface area contributed by atoms with Crippen molar-refractivity contribution in [3.05, 3.63) is 48.2 Å². The van der Waals surface area contributed by atoms with Gasteiger partial charge in [-0.3, -0.25) is 20.0 Å². The molecular formula is C16H22N3O15P3. The second-order valence-electron chi connectivity index (χ2n) is 7.65. The molecule has 9 N–H and O–H groups in total. The van der Waals surface area contributed by atoms with Crippen molar-refractivity contribution in [1.29, 1.82) is 0 Å². The summed E-state index contributed by atoms with van der Waals surface area (Å²) in [4.78, 5) is 61.9. The van der Waals surface area contributed by atoms with Gasteiger partial charge in [-0.15, -0.1) is 0 Å². The molecule has 0 radical (unpaired) electrons. The zero-order valence-electron chi connectivity index (χ0n) is 18.3. The molecule has 2 amide bonds. The monoisotopic (exact) mass is 589 g/mol. The Kier molecular flexibility index (Phi) is 8.61. The molecule has 0 saturated carbocycles. The standard InChI is InChI=1S/C16H22N3O15P3/c17-16(13(22)9-4-2-1-3-5-9)6-7-19(15(23)18-16)14-12(21)11(20)10(32-14)8-31-36(27,28)34-37(29,30)33-35(24,25)26/h1-7,10-12,14,20-21H,8,17H2,(H,18,23)(H,27,28)(H,29,30)(H2,24,25,26)/t10-,11-,12-,14-,16?/m1/s1. The third-order valence-corrected chi connectivity index (χ3v) is 8.69. The number of carbonyl (C=O) groups excluding carboxylic acids is 2. The number of aliphatic hydroxyl groups is 2. The first-order chi connectivity index (χ1) is 16.9. The summed E-state index contributed by atoms with van der Waals surface area (Å²) in [6.45, 7) is -1.08. The van der Waals surface area contributed by atoms with E-state index in [9.17, 15) is 38.4 Å². The van der Waals surface area contributed by atoms with Crippen LogP contribution >= 0.6 is 23.5 Å². The van der Waals surface area contributed by atoms with Crippen molar-refractivity contribution in [3.63, 3.8) is 0 Å². The van der Waals surface area contributed by atoms with Crippen LogP contribution in [-0.4, -0.2) is 83.3 Å². The van der Waals surface area contributed by atoms with Gasteiger partial charge in [-0.25, -0.2) is 18.5 Å². The van der Waals surface area contributed by atoms with E-state index in [1.807, 2.05) is 0 Å². The van der Waals surface area contributed by atoms with Crippen LogP contribution in [0.25, 0.3) is 0 Å². The van der Waals surface area contributed by atoms with E-state index in [2.05, 4.69) is 18.5 Å². The van der Waals surface area contributed by atoms with Gasteiger partial charge in [-0.1, -0.05) is 30.3 Å². The number of aliphatic hydroxyl groups excluding tert-OH is 2. The minimum absolute atomic E-state index is 0.197. The molecule has 0 aliphatic carbocycles. The van der Waals surface area contributed by atoms with Crippen molar-refractivity contribution in [2.45, 2.75) is 30.2 Å². The summed E-state index contributed by atoms with van der Waals surface area (Å²) in [5, 5.41) is 22.8. The number of carbonyl (C=O) groups is 2. The average molecular weight is 589 g/mol. The van der Waals surface area contributed by atoms with Gasteiger partial charge >= 0.3 is 29.5 Å². The topological polar surface area (TPSA) is 285 Å². The molecule has 37 heavy (non-hydrogen) atoms. The Bertz CT molecular complexity index is 1210. The first-order valence-electron chi connectivity index (χ1n) is 9.91. The molecule has 2 aliphatic heterocycles. The highest BCUT2D eigenvalue weighted by Gasteiger charge is 2.50. The van der Waals surface area contributed by atoms with Gasteiger partial charge in [0, 0.05) is 11.8 Å². The summed E-state index contributed by atoms with van der Waals surface area (Å²) in [7, 11) is -16.9. The Morgan fingerprint density at radius 1 is 1.05 bits per heavy atom. The van der Waals surface area contributed by atoms with E-state index in [0.29, 0.717) is 0 Å². The molecule has 206 valence electrons. The van der Waals surface area contributed by atoms with E-state index >= 15 is 0 Å². The summed E-state index contributed by atoms with van der Waals surface area (Å²) < 4.78 is 50.7. The van der Waals surface area contributed by atoms with Crippen LogP contribution in [0.3, 0.4) is 0 Å². The first kappa shape index (κ1) is 29.7. The van der Waals surface area contributed by atoms with Gasteiger partial charge in [0.15, 0.2) is 11.9 Å². The lowest BCUT2D eigenvalue weighted by Crippen LogP contribution is -2.66. The Morgan fingerprint density at radius 2 is 1.68 bits per heavy atom. The molecule has 1 aromatic rings. The van der Waals surface area contributed by atoms with Crippen LogP contribution in [0.5, 0.6) is 0 Å². The predicted octanol–water partition coefficient (Wildman–Crippen LogP) is -1.15. The van der Waals surface area contributed by atoms with E-state index in [4.69, 9.17) is 25.2 Å². The molecule has 2 heterocycles. The Balaban J connectivity index is 1.66. The molecule has 3 unspecified atom stereocenters. The summed E-state index contributed by atoms with van der Waals surface area (Å²) in [6, 6.07) is 6.78. The highest BCUT2D eigenvalue weighted by Crippen LogP contribution is 2.66. The van der Waals surface area contributed by atoms with Gasteiger partial charge < -0.3 is 39.8 Å². The van der Waals surface area contributed by atoms with Gasteiger partial charge in [-0.2, -0.15) is 8.62 Å². The maximum absolute atomic E-state index is 12.7. The third kappa shape index (κ3) is 7.38. The number of ketones is 1. The first-order valence-corrected chi connectivity index (χ1v) is 14.4. The highest BCUT2D eigenvalue weighted by atomic mass is 31.3. The van der Waals surface area contributed by atoms with Gasteiger partial charge in [0.2, 0.25) is 5.78 Å². The number of nitrogens with two attached hydrogens (primary N) is 1. The molecule has 0 aromatic heterocycles. The fourth-order valence-electron chi connectivity index (χ4n) is 3.28. The van der Waals surface area contributed by atoms with Gasteiger partial charge in [0.25, 0.3) is 0 Å². The lowest BCUT2D eigenvalue weighted by molar-refractivity contribution is -0.0659. The summed E-state index contributed by atoms with van der Waals surface area (Å²) >= 11 is 0. The number of nitrogens with one attached hydrogen (secondary N) is 1. The number of urea groups is 1. The Morgan fingerprint density at radius 3 is 2.24 bits per heavy atom. The van der Waals surface area contributed by atoms with Crippen molar-refractivity contribution < 1.29 is 71.0 Å². The normalized spacial score (nSPS) is 31.4. The number of phosphoric ester groups is 1. The molecule has 1 fully saturated rings. The quantitative estimate of drug-likeness (QED) is 0.118. The van der Waals surface area contributed by atoms with Crippen molar-refractivity contribution in [2.75, 3.05) is 6.61 Å². The lowest BCUT2D eigenvalue weighted by Gasteiger charge is -2.36. The number of hydrogen-bond acceptors (Lipinski definition) is 12. The van der Waals surface area contributed by atoms with Crippen molar-refractivity contribution in [3.8, 4) is 0 Å². The van der Waals surface area contributed by atoms with E-state index < -0.39 is 72.1 Å². The smallest absolute Gasteiger partial charge is 0.387 e. The zero-order valence-corrected chi connectivity index (χ0v) is 21.0. The van der Waals surface area contributed by atoms with Crippen LogP contribution in [0.4, 0.5) is 4.79 Å². The number of Topliss-reactive ketones (excluding diaryl/α,β-unsaturated/α-hetero) is 1. The average Bonchev–Trinajstić information content (AvgIpc) is 3.04. The fourth-order valence-corrected chi connectivity index (χ4v) is 6.31. The van der Waals surface area contributed by atoms with Gasteiger partial charge in [0.05, 0.1) is 6.61 Å². The second-order valence-corrected chi connectivity index (χ2v) is 12.1. The van der Waals surface area contributed by atoms with E-state index in [-0.39, 0.29) is 5.56 Å². The van der Waals surface area contributed by atoms with Crippen LogP contribution in [0.1, 0.15) is 10.4 Å². The minimum atomic E-state index is -5.77. The number of amides is 2. The highest BCUT2D eigenvalue weighted by molar-refractivity contribution is 7.66. The molecule has 3 rings (SSSR count). The largest absolute Gasteiger partial charge is 0.490 e. The maximum atomic E-state index is 12.7. The van der Waals surface area contributed by atoms with E-state index in [1.165, 1.54) is 12.1 Å². The molecule has 1 saturated heterocycles. The van der Waals surface area contributed by atoms with E-state index in [1.54, 1.807) is 18.2 Å². The molecule has 21 heteroatoms. The van der Waals surface area contributed by atoms with Crippen molar-refractivity contribution >= 4 is 35.3 Å². The molecule has 1 aromatic carbocycles. The number of nitrogens with zero attached hydrogens (tertiary/aromatic N) is 1. The van der Waals surface area contributed by atoms with Crippen LogP contribution in [0.15, 0.2) is 42.6 Å². The Labute approximate surface area is 207 Å². The minimum Gasteiger partial charge on any atom is -0.387 e. The summed E-state index contributed by atoms with van der Waals surface area (Å²) in [5.74, 6) is -0.654. The third-order valence-electron chi connectivity index (χ3n) is 4.89. The molecule has 0 bridgehead atoms. The number of benzene rings is 1. The number of hydrogen-bond donors (Lipinski definition) is 8. The summed E-state index contributed by atoms with van der Waals surface area (Å²) in [5.41, 5.74) is 4.26. The van der Waals surface area contributed by atoms with Crippen LogP contribution in [0.2, 0.25) is 0 Å². The predicted molar refractivity (Wildman–Crippen MR) is 118 cm³/mol. The lowest BCUT2D eigenvalue weighted by atomic mass is 9.97. The number of ether oxygens (including phenoxy) is 1. The van der Waals surface area contributed by atoms with Gasteiger partial charge in [0.1, 0.15) is 18.3 Å². The van der Waals surface area contributed by atoms with Crippen molar-refractivity contribution in [2.24, 2.45) is 5.73 Å². The maximum Gasteiger partial charge on any atom is 0.490 e. The van der Waals surface area contributed by atoms with Crippen LogP contribution < -0.4 is 11.1 Å². The summed E-state index contributed by atoms with van der Waals surface area (Å²) in [6.07, 6.45) is -4.77. The fraction of sp³-hybridized carbons (Fsp3) is 0.375. The zero-order chi connectivity index (χ0) is 27.8. The molecule has 2 aliphatic rings. The number of rotatable bonds is 10. The van der Waals surface area contributed by atoms with Gasteiger partial charge in [-0.05, 0) is 6.08 Å². The van der Waals surface area contributed by atoms with Crippen LogP contribution in [0, 0.1) is 0 Å². The molecule has 0 spiro atoms. The molecular weight excluding hydrogens is 567 g/mol. The van der Waals surface area contributed by atoms with Crippen molar-refractivity contribution in [1.82, 2.24) is 10.2 Å². The second kappa shape index (κ2) is 10.7. The molecule has 18 nitrogen and oxygen atoms in total. The van der Waals surface area contributed by atoms with Crippen LogP contribution in [-0.2, 0) is 31.6 Å². The molecule has 7 atom stereocenters. The Hall–Kier alpha value is -1.85.